The number of aromatic nitrogens is 1. The van der Waals surface area contributed by atoms with Crippen LogP contribution in [0.5, 0.6) is 5.75 Å². The number of nitrogens with zero attached hydrogens (tertiary/aromatic N) is 2. The first-order chi connectivity index (χ1) is 18.0. The molecule has 0 atom stereocenters. The second-order valence-corrected chi connectivity index (χ2v) is 9.47. The molecule has 4 rings (SSSR count). The summed E-state index contributed by atoms with van der Waals surface area (Å²) in [6, 6.07) is 24.5. The molecule has 0 bridgehead atoms. The molecule has 7 nitrogen and oxygen atoms in total. The number of carbonyl (C=O) groups excluding carboxylic acids is 1. The summed E-state index contributed by atoms with van der Waals surface area (Å²) in [5.41, 5.74) is 3.35. The Morgan fingerprint density at radius 1 is 1.00 bits per heavy atom. The number of carboxylic acids is 1. The van der Waals surface area contributed by atoms with E-state index in [4.69, 9.17) is 26.4 Å². The van der Waals surface area contributed by atoms with Gasteiger partial charge in [-0.1, -0.05) is 54.1 Å². The number of aliphatic carboxylic acids is 1. The Balaban J connectivity index is 1.46. The van der Waals surface area contributed by atoms with Gasteiger partial charge >= 0.3 is 5.97 Å². The van der Waals surface area contributed by atoms with E-state index in [1.807, 2.05) is 72.1 Å². The molecule has 37 heavy (non-hydrogen) atoms. The molecule has 1 heterocycles. The minimum atomic E-state index is -0.951. The molecule has 0 unspecified atom stereocenters. The summed E-state index contributed by atoms with van der Waals surface area (Å²) in [5.74, 6) is -0.441. The van der Waals surface area contributed by atoms with E-state index in [1.54, 1.807) is 23.5 Å². The van der Waals surface area contributed by atoms with Gasteiger partial charge < -0.3 is 20.1 Å². The predicted octanol–water partition coefficient (Wildman–Crippen LogP) is 5.75. The molecule has 0 aliphatic carbocycles. The lowest BCUT2D eigenvalue weighted by atomic mass is 10.1. The molecule has 0 spiro atoms. The number of thiazole rings is 1. The molecule has 1 aromatic heterocycles. The average Bonchev–Trinajstić information content (AvgIpc) is 3.39. The number of carboxylic acid groups (broad SMARTS) is 1. The minimum absolute atomic E-state index is 0.0884. The first-order valence-electron chi connectivity index (χ1n) is 11.7. The number of ether oxygens (including phenoxy) is 1. The molecule has 4 aromatic rings. The molecule has 190 valence electrons. The van der Waals surface area contributed by atoms with Gasteiger partial charge in [0.05, 0.1) is 18.7 Å². The van der Waals surface area contributed by atoms with Crippen molar-refractivity contribution in [3.8, 4) is 17.0 Å². The largest absolute Gasteiger partial charge is 0.492 e. The highest BCUT2D eigenvalue weighted by Gasteiger charge is 2.14. The predicted molar refractivity (Wildman–Crippen MR) is 147 cm³/mol. The van der Waals surface area contributed by atoms with Crippen LogP contribution >= 0.6 is 22.9 Å². The Morgan fingerprint density at radius 2 is 1.73 bits per heavy atom. The molecule has 0 radical (unpaired) electrons. The van der Waals surface area contributed by atoms with Crippen molar-refractivity contribution in [3.63, 3.8) is 0 Å². The van der Waals surface area contributed by atoms with Gasteiger partial charge in [-0.2, -0.15) is 0 Å². The summed E-state index contributed by atoms with van der Waals surface area (Å²) in [4.78, 5) is 29.9. The highest BCUT2D eigenvalue weighted by Crippen LogP contribution is 2.29. The zero-order valence-electron chi connectivity index (χ0n) is 20.0. The van der Waals surface area contributed by atoms with Crippen LogP contribution in [0, 0.1) is 0 Å². The number of benzene rings is 3. The number of carbonyl (C=O) groups is 2. The van der Waals surface area contributed by atoms with Gasteiger partial charge in [-0.15, -0.1) is 11.3 Å². The summed E-state index contributed by atoms with van der Waals surface area (Å²) in [5, 5.41) is 14.9. The van der Waals surface area contributed by atoms with Crippen LogP contribution in [-0.2, 0) is 11.3 Å². The molecule has 0 saturated carbocycles. The van der Waals surface area contributed by atoms with Crippen molar-refractivity contribution in [2.75, 3.05) is 24.6 Å². The Bertz CT molecular complexity index is 1310. The quantitative estimate of drug-likeness (QED) is 0.240. The molecule has 1 amide bonds. The van der Waals surface area contributed by atoms with E-state index >= 15 is 0 Å². The highest BCUT2D eigenvalue weighted by atomic mass is 35.5. The fourth-order valence-electron chi connectivity index (χ4n) is 3.56. The van der Waals surface area contributed by atoms with E-state index < -0.39 is 5.97 Å². The van der Waals surface area contributed by atoms with Gasteiger partial charge in [0.15, 0.2) is 5.13 Å². The van der Waals surface area contributed by atoms with E-state index in [0.29, 0.717) is 30.3 Å². The average molecular weight is 536 g/mol. The lowest BCUT2D eigenvalue weighted by Crippen LogP contribution is -2.28. The fourth-order valence-corrected chi connectivity index (χ4v) is 4.55. The maximum atomic E-state index is 12.3. The number of hydrogen-bond acceptors (Lipinski definition) is 6. The zero-order chi connectivity index (χ0) is 26.0. The van der Waals surface area contributed by atoms with Gasteiger partial charge in [0.1, 0.15) is 12.4 Å². The topological polar surface area (TPSA) is 91.8 Å². The van der Waals surface area contributed by atoms with Gasteiger partial charge in [-0.05, 0) is 42.0 Å². The number of hydrogen-bond donors (Lipinski definition) is 2. The molecule has 0 saturated heterocycles. The summed E-state index contributed by atoms with van der Waals surface area (Å²) in [6.45, 7) is 1.75. The number of anilines is 1. The summed E-state index contributed by atoms with van der Waals surface area (Å²) in [6.07, 6.45) is -0.115. The fraction of sp³-hybridized carbons (Fsp3) is 0.179. The summed E-state index contributed by atoms with van der Waals surface area (Å²) in [7, 11) is 0. The Kier molecular flexibility index (Phi) is 9.13. The molecule has 9 heteroatoms. The maximum Gasteiger partial charge on any atom is 0.305 e. The van der Waals surface area contributed by atoms with E-state index in [2.05, 4.69) is 10.2 Å². The van der Waals surface area contributed by atoms with Gasteiger partial charge in [0.2, 0.25) is 0 Å². The van der Waals surface area contributed by atoms with Crippen LogP contribution < -0.4 is 15.0 Å². The first-order valence-corrected chi connectivity index (χ1v) is 13.0. The molecule has 2 N–H and O–H groups in total. The van der Waals surface area contributed by atoms with Crippen molar-refractivity contribution >= 4 is 39.9 Å². The maximum absolute atomic E-state index is 12.3. The van der Waals surface area contributed by atoms with Crippen molar-refractivity contribution < 1.29 is 19.4 Å². The monoisotopic (exact) mass is 535 g/mol. The van der Waals surface area contributed by atoms with Crippen molar-refractivity contribution in [2.45, 2.75) is 13.0 Å². The second-order valence-electron chi connectivity index (χ2n) is 8.20. The Labute approximate surface area is 224 Å². The van der Waals surface area contributed by atoms with Crippen LogP contribution in [0.1, 0.15) is 22.3 Å². The van der Waals surface area contributed by atoms with E-state index in [0.717, 1.165) is 27.7 Å². The lowest BCUT2D eigenvalue weighted by molar-refractivity contribution is -0.136. The highest BCUT2D eigenvalue weighted by molar-refractivity contribution is 7.14. The van der Waals surface area contributed by atoms with E-state index in [1.165, 1.54) is 0 Å². The number of para-hydroxylation sites is 1. The van der Waals surface area contributed by atoms with Gasteiger partial charge in [0.25, 0.3) is 5.91 Å². The molecular formula is C28H26ClN3O4S. The van der Waals surface area contributed by atoms with Crippen molar-refractivity contribution in [1.29, 1.82) is 0 Å². The van der Waals surface area contributed by atoms with Gasteiger partial charge in [-0.25, -0.2) is 4.98 Å². The van der Waals surface area contributed by atoms with Crippen molar-refractivity contribution in [2.24, 2.45) is 0 Å². The van der Waals surface area contributed by atoms with E-state index in [9.17, 15) is 9.59 Å². The van der Waals surface area contributed by atoms with Crippen LogP contribution in [-0.4, -0.2) is 41.7 Å². The molecule has 0 fully saturated rings. The molecular weight excluding hydrogens is 510 g/mol. The number of amides is 1. The smallest absolute Gasteiger partial charge is 0.305 e. The van der Waals surface area contributed by atoms with Crippen LogP contribution in [0.4, 0.5) is 5.13 Å². The van der Waals surface area contributed by atoms with Crippen LogP contribution in [0.25, 0.3) is 11.3 Å². The van der Waals surface area contributed by atoms with Gasteiger partial charge in [0, 0.05) is 34.6 Å². The third kappa shape index (κ3) is 7.80. The Hall–Kier alpha value is -3.88. The first kappa shape index (κ1) is 26.2. The summed E-state index contributed by atoms with van der Waals surface area (Å²) < 4.78 is 5.93. The zero-order valence-corrected chi connectivity index (χ0v) is 21.5. The van der Waals surface area contributed by atoms with Crippen molar-refractivity contribution in [3.05, 3.63) is 100 Å². The van der Waals surface area contributed by atoms with Crippen LogP contribution in [0.3, 0.4) is 0 Å². The number of halogens is 1. The van der Waals surface area contributed by atoms with Crippen LogP contribution in [0.15, 0.2) is 84.2 Å². The van der Waals surface area contributed by atoms with Crippen LogP contribution in [0.2, 0.25) is 5.02 Å². The molecule has 0 aliphatic heterocycles. The second kappa shape index (κ2) is 12.9. The normalized spacial score (nSPS) is 10.6. The van der Waals surface area contributed by atoms with Crippen molar-refractivity contribution in [1.82, 2.24) is 10.3 Å². The number of rotatable bonds is 12. The van der Waals surface area contributed by atoms with E-state index in [-0.39, 0.29) is 18.9 Å². The Morgan fingerprint density at radius 3 is 2.43 bits per heavy atom. The number of nitrogens with one attached hydrogen (secondary N) is 1. The molecule has 3 aromatic carbocycles. The third-order valence-corrected chi connectivity index (χ3v) is 6.64. The standard InChI is InChI=1S/C28H26ClN3O4S/c29-23-12-10-21(11-13-23)25-19-37-28(31-25)32(16-17-36-24-4-2-1-3-5-24)18-20-6-8-22(9-7-20)27(35)30-15-14-26(33)34/h1-13,19H,14-18H2,(H,30,35)(H,33,34). The SMILES string of the molecule is O=C(O)CCNC(=O)c1ccc(CN(CCOc2ccccc2)c2nc(-c3ccc(Cl)cc3)cs2)cc1. The summed E-state index contributed by atoms with van der Waals surface area (Å²) >= 11 is 7.59. The third-order valence-electron chi connectivity index (χ3n) is 5.49. The lowest BCUT2D eigenvalue weighted by Gasteiger charge is -2.22. The molecule has 0 aliphatic rings. The van der Waals surface area contributed by atoms with Gasteiger partial charge in [-0.3, -0.25) is 9.59 Å². The minimum Gasteiger partial charge on any atom is -0.492 e.